The van der Waals surface area contributed by atoms with Gasteiger partial charge in [0.05, 0.1) is 30.0 Å². The number of carboxylic acids is 1. The van der Waals surface area contributed by atoms with E-state index in [4.69, 9.17) is 26.1 Å². The highest BCUT2D eigenvalue weighted by molar-refractivity contribution is 6.31. The molecule has 1 saturated heterocycles. The number of hydrogen-bond acceptors (Lipinski definition) is 4. The first-order valence-corrected chi connectivity index (χ1v) is 13.9. The summed E-state index contributed by atoms with van der Waals surface area (Å²) >= 11 is 6.15. The molecule has 1 aliphatic carbocycles. The van der Waals surface area contributed by atoms with Crippen LogP contribution in [0.2, 0.25) is 5.02 Å². The minimum atomic E-state index is -0.922. The highest BCUT2D eigenvalue weighted by Gasteiger charge is 2.37. The van der Waals surface area contributed by atoms with Crippen molar-refractivity contribution in [3.05, 3.63) is 111 Å². The van der Waals surface area contributed by atoms with Gasteiger partial charge in [-0.3, -0.25) is 0 Å². The first-order chi connectivity index (χ1) is 19.0. The number of carboxylic acid groups (broad SMARTS) is 1. The van der Waals surface area contributed by atoms with Crippen molar-refractivity contribution in [3.8, 4) is 0 Å². The Kier molecular flexibility index (Phi) is 7.22. The van der Waals surface area contributed by atoms with Crippen LogP contribution in [0.3, 0.4) is 0 Å². The second-order valence-electron chi connectivity index (χ2n) is 10.3. The Balaban J connectivity index is 1.27. The van der Waals surface area contributed by atoms with Crippen LogP contribution in [0.4, 0.5) is 0 Å². The maximum absolute atomic E-state index is 12.1. The molecule has 3 aromatic carbocycles. The van der Waals surface area contributed by atoms with E-state index in [1.807, 2.05) is 66.7 Å². The first-order valence-electron chi connectivity index (χ1n) is 13.5. The second-order valence-corrected chi connectivity index (χ2v) is 10.7. The van der Waals surface area contributed by atoms with E-state index < -0.39 is 11.8 Å². The minimum absolute atomic E-state index is 0.391. The first kappa shape index (κ1) is 25.8. The van der Waals surface area contributed by atoms with Crippen molar-refractivity contribution in [3.63, 3.8) is 0 Å². The number of pyridine rings is 1. The van der Waals surface area contributed by atoms with Crippen molar-refractivity contribution in [1.82, 2.24) is 4.98 Å². The summed E-state index contributed by atoms with van der Waals surface area (Å²) < 4.78 is 12.6. The third-order valence-corrected chi connectivity index (χ3v) is 7.91. The molecule has 0 amide bonds. The summed E-state index contributed by atoms with van der Waals surface area (Å²) in [6.07, 6.45) is 8.97. The molecule has 6 rings (SSSR count). The predicted molar refractivity (Wildman–Crippen MR) is 154 cm³/mol. The standard InChI is InChI=1S/C33H30ClNO4/c34-28-11-9-23-10-13-29(35-31(23)21-28)12-8-22-4-1-7-27(18-22)33(38-16-3-17-39-33)15-14-26-19-24-5-2-6-25(24)20-30(26)32(36)37/h1,4,7-13,18-21H,2-3,5-6,14-17H2,(H,36,37)/b12-8+. The van der Waals surface area contributed by atoms with E-state index in [2.05, 4.69) is 12.1 Å². The van der Waals surface area contributed by atoms with Crippen LogP contribution >= 0.6 is 11.6 Å². The summed E-state index contributed by atoms with van der Waals surface area (Å²) in [4.78, 5) is 16.8. The number of ether oxygens (including phenoxy) is 2. The van der Waals surface area contributed by atoms with Crippen LogP contribution in [0.1, 0.15) is 63.1 Å². The van der Waals surface area contributed by atoms with Crippen molar-refractivity contribution in [2.24, 2.45) is 0 Å². The van der Waals surface area contributed by atoms with Crippen LogP contribution in [0.25, 0.3) is 23.1 Å². The van der Waals surface area contributed by atoms with Gasteiger partial charge in [0.2, 0.25) is 0 Å². The number of aryl methyl sites for hydroxylation is 3. The lowest BCUT2D eigenvalue weighted by molar-refractivity contribution is -0.279. The molecule has 2 aliphatic rings. The number of aromatic carboxylic acids is 1. The van der Waals surface area contributed by atoms with Crippen LogP contribution in [0, 0.1) is 0 Å². The average molecular weight is 540 g/mol. The van der Waals surface area contributed by atoms with Gasteiger partial charge >= 0.3 is 5.97 Å². The molecule has 0 spiro atoms. The molecule has 1 aromatic heterocycles. The smallest absolute Gasteiger partial charge is 0.335 e. The van der Waals surface area contributed by atoms with Crippen LogP contribution < -0.4 is 0 Å². The van der Waals surface area contributed by atoms with E-state index in [9.17, 15) is 9.90 Å². The maximum Gasteiger partial charge on any atom is 0.335 e. The fraction of sp³-hybridized carbons (Fsp3) is 0.273. The normalized spacial score (nSPS) is 16.5. The van der Waals surface area contributed by atoms with E-state index in [0.29, 0.717) is 36.6 Å². The van der Waals surface area contributed by atoms with Gasteiger partial charge in [0.15, 0.2) is 5.79 Å². The Bertz CT molecular complexity index is 1570. The molecule has 1 aliphatic heterocycles. The maximum atomic E-state index is 12.1. The molecule has 198 valence electrons. The molecule has 6 heteroatoms. The van der Waals surface area contributed by atoms with Gasteiger partial charge in [0.1, 0.15) is 0 Å². The lowest BCUT2D eigenvalue weighted by Crippen LogP contribution is -2.38. The van der Waals surface area contributed by atoms with Gasteiger partial charge in [0.25, 0.3) is 0 Å². The topological polar surface area (TPSA) is 68.7 Å². The number of benzene rings is 3. The molecule has 0 radical (unpaired) electrons. The van der Waals surface area contributed by atoms with Gasteiger partial charge in [-0.2, -0.15) is 0 Å². The van der Waals surface area contributed by atoms with Gasteiger partial charge in [-0.1, -0.05) is 54.1 Å². The summed E-state index contributed by atoms with van der Waals surface area (Å²) in [5, 5.41) is 11.6. The van der Waals surface area contributed by atoms with Crippen molar-refractivity contribution in [1.29, 1.82) is 0 Å². The van der Waals surface area contributed by atoms with Gasteiger partial charge in [0, 0.05) is 22.4 Å². The van der Waals surface area contributed by atoms with Crippen molar-refractivity contribution >= 4 is 40.6 Å². The summed E-state index contributed by atoms with van der Waals surface area (Å²) in [7, 11) is 0. The van der Waals surface area contributed by atoms with E-state index >= 15 is 0 Å². The number of rotatable bonds is 7. The van der Waals surface area contributed by atoms with Gasteiger partial charge in [-0.05, 0) is 90.8 Å². The molecule has 2 heterocycles. The molecule has 1 fully saturated rings. The Labute approximate surface area is 233 Å². The number of carbonyl (C=O) groups is 1. The quantitative estimate of drug-likeness (QED) is 0.264. The largest absolute Gasteiger partial charge is 0.478 e. The fourth-order valence-electron chi connectivity index (χ4n) is 5.67. The van der Waals surface area contributed by atoms with E-state index in [1.54, 1.807) is 0 Å². The van der Waals surface area contributed by atoms with Gasteiger partial charge < -0.3 is 14.6 Å². The zero-order valence-corrected chi connectivity index (χ0v) is 22.4. The van der Waals surface area contributed by atoms with Crippen LogP contribution in [-0.4, -0.2) is 29.3 Å². The second kappa shape index (κ2) is 10.9. The summed E-state index contributed by atoms with van der Waals surface area (Å²) in [6, 6.07) is 21.8. The van der Waals surface area contributed by atoms with Gasteiger partial charge in [-0.15, -0.1) is 0 Å². The zero-order valence-electron chi connectivity index (χ0n) is 21.7. The predicted octanol–water partition coefficient (Wildman–Crippen LogP) is 7.47. The molecule has 0 saturated carbocycles. The molecule has 39 heavy (non-hydrogen) atoms. The Morgan fingerprint density at radius 2 is 1.74 bits per heavy atom. The molecular formula is C33H30ClNO4. The van der Waals surface area contributed by atoms with Gasteiger partial charge in [-0.25, -0.2) is 9.78 Å². The number of aromatic nitrogens is 1. The molecule has 5 nitrogen and oxygen atoms in total. The molecule has 4 aromatic rings. The summed E-state index contributed by atoms with van der Waals surface area (Å²) in [5.74, 6) is -1.80. The third kappa shape index (κ3) is 5.48. The molecular weight excluding hydrogens is 510 g/mol. The van der Waals surface area contributed by atoms with Crippen LogP contribution in [-0.2, 0) is 34.5 Å². The number of fused-ring (bicyclic) bond motifs is 2. The van der Waals surface area contributed by atoms with Crippen molar-refractivity contribution in [2.75, 3.05) is 13.2 Å². The molecule has 0 bridgehead atoms. The highest BCUT2D eigenvalue weighted by Crippen LogP contribution is 2.37. The van der Waals surface area contributed by atoms with E-state index in [-0.39, 0.29) is 0 Å². The molecule has 1 N–H and O–H groups in total. The third-order valence-electron chi connectivity index (χ3n) is 7.68. The van der Waals surface area contributed by atoms with E-state index in [0.717, 1.165) is 59.0 Å². The van der Waals surface area contributed by atoms with Crippen molar-refractivity contribution < 1.29 is 19.4 Å². The fourth-order valence-corrected chi connectivity index (χ4v) is 5.84. The monoisotopic (exact) mass is 539 g/mol. The highest BCUT2D eigenvalue weighted by atomic mass is 35.5. The lowest BCUT2D eigenvalue weighted by Gasteiger charge is -2.38. The SMILES string of the molecule is O=C(O)c1cc2c(cc1CCC1(c3cccc(/C=C/c4ccc5ccc(Cl)cc5n4)c3)OCCCO1)CCC2. The van der Waals surface area contributed by atoms with Crippen molar-refractivity contribution in [2.45, 2.75) is 44.3 Å². The number of halogens is 1. The Hall–Kier alpha value is -3.51. The number of hydrogen-bond donors (Lipinski definition) is 1. The van der Waals surface area contributed by atoms with Crippen LogP contribution in [0.5, 0.6) is 0 Å². The number of nitrogens with zero attached hydrogens (tertiary/aromatic N) is 1. The Morgan fingerprint density at radius 3 is 2.56 bits per heavy atom. The summed E-state index contributed by atoms with van der Waals surface area (Å²) in [5.41, 5.74) is 7.30. The molecule has 0 unspecified atom stereocenters. The minimum Gasteiger partial charge on any atom is -0.478 e. The lowest BCUT2D eigenvalue weighted by atomic mass is 9.91. The zero-order chi connectivity index (χ0) is 26.8. The van der Waals surface area contributed by atoms with E-state index in [1.165, 1.54) is 11.1 Å². The van der Waals surface area contributed by atoms with Crippen LogP contribution in [0.15, 0.2) is 66.7 Å². The summed E-state index contributed by atoms with van der Waals surface area (Å²) in [6.45, 7) is 1.19. The molecule has 0 atom stereocenters. The Morgan fingerprint density at radius 1 is 0.949 bits per heavy atom. The average Bonchev–Trinajstić information content (AvgIpc) is 3.42.